The Morgan fingerprint density at radius 3 is 2.59 bits per heavy atom. The van der Waals surface area contributed by atoms with Crippen LogP contribution in [0.1, 0.15) is 27.2 Å². The van der Waals surface area contributed by atoms with E-state index in [1.165, 1.54) is 5.56 Å². The molecule has 1 fully saturated rings. The maximum absolute atomic E-state index is 12.9. The fraction of sp³-hybridized carbons (Fsp3) is 0.318. The Morgan fingerprint density at radius 2 is 1.78 bits per heavy atom. The number of para-hydroxylation sites is 1. The van der Waals surface area contributed by atoms with Crippen LogP contribution < -0.4 is 5.32 Å². The number of morpholine rings is 1. The lowest BCUT2D eigenvalue weighted by Gasteiger charge is -2.27. The molecule has 3 aromatic rings. The second kappa shape index (κ2) is 7.94. The molecule has 0 saturated carbocycles. The van der Waals surface area contributed by atoms with Gasteiger partial charge >= 0.3 is 0 Å². The fourth-order valence-corrected chi connectivity index (χ4v) is 3.72. The molecule has 2 N–H and O–H groups in total. The number of carbonyl (C=O) groups excluding carboxylic acids is 1. The van der Waals surface area contributed by atoms with Gasteiger partial charge < -0.3 is 15.0 Å². The summed E-state index contributed by atoms with van der Waals surface area (Å²) in [5, 5.41) is 4.08. The highest BCUT2D eigenvalue weighted by Gasteiger charge is 2.17. The highest BCUT2D eigenvalue weighted by atomic mass is 16.5. The summed E-state index contributed by atoms with van der Waals surface area (Å²) < 4.78 is 5.43. The van der Waals surface area contributed by atoms with Crippen molar-refractivity contribution >= 4 is 16.8 Å². The largest absolute Gasteiger partial charge is 0.379 e. The summed E-state index contributed by atoms with van der Waals surface area (Å²) in [5.74, 6) is -0.0360. The second-order valence-electron chi connectivity index (χ2n) is 7.01. The molecule has 1 amide bonds. The normalized spacial score (nSPS) is 15.1. The van der Waals surface area contributed by atoms with E-state index < -0.39 is 0 Å². The van der Waals surface area contributed by atoms with Crippen molar-refractivity contribution in [2.45, 2.75) is 20.0 Å². The summed E-state index contributed by atoms with van der Waals surface area (Å²) in [7, 11) is 0. The van der Waals surface area contributed by atoms with Gasteiger partial charge in [0.2, 0.25) is 0 Å². The summed E-state index contributed by atoms with van der Waals surface area (Å²) >= 11 is 0. The number of rotatable bonds is 5. The Bertz CT molecular complexity index is 942. The third-order valence-electron chi connectivity index (χ3n) is 5.18. The van der Waals surface area contributed by atoms with Crippen LogP contribution in [0.2, 0.25) is 0 Å². The molecule has 1 saturated heterocycles. The number of ether oxygens (including phenoxy) is 1. The highest BCUT2D eigenvalue weighted by molar-refractivity contribution is 6.08. The van der Waals surface area contributed by atoms with E-state index in [1.807, 2.05) is 37.3 Å². The van der Waals surface area contributed by atoms with Crippen molar-refractivity contribution in [2.75, 3.05) is 26.3 Å². The molecule has 27 heavy (non-hydrogen) atoms. The zero-order valence-electron chi connectivity index (χ0n) is 15.6. The lowest BCUT2D eigenvalue weighted by Crippen LogP contribution is -2.36. The number of aromatic amines is 1. The lowest BCUT2D eigenvalue weighted by molar-refractivity contribution is 0.0340. The quantitative estimate of drug-likeness (QED) is 0.732. The van der Waals surface area contributed by atoms with Crippen molar-refractivity contribution in [1.82, 2.24) is 15.2 Å². The topological polar surface area (TPSA) is 57.4 Å². The SMILES string of the molecule is Cc1[nH]c2ccccc2c1C(=O)NCc1ccccc1CN1CCOCC1. The first-order valence-electron chi connectivity index (χ1n) is 9.45. The minimum atomic E-state index is -0.0360. The molecule has 0 aliphatic carbocycles. The highest BCUT2D eigenvalue weighted by Crippen LogP contribution is 2.22. The molecule has 1 aliphatic heterocycles. The van der Waals surface area contributed by atoms with Crippen molar-refractivity contribution in [3.05, 3.63) is 70.9 Å². The molecule has 2 aromatic carbocycles. The van der Waals surface area contributed by atoms with E-state index >= 15 is 0 Å². The van der Waals surface area contributed by atoms with Crippen molar-refractivity contribution in [1.29, 1.82) is 0 Å². The van der Waals surface area contributed by atoms with Crippen LogP contribution in [-0.2, 0) is 17.8 Å². The molecular formula is C22H25N3O2. The van der Waals surface area contributed by atoms with E-state index in [1.54, 1.807) is 0 Å². The third-order valence-corrected chi connectivity index (χ3v) is 5.18. The van der Waals surface area contributed by atoms with E-state index in [9.17, 15) is 4.79 Å². The molecule has 0 unspecified atom stereocenters. The number of nitrogens with one attached hydrogen (secondary N) is 2. The van der Waals surface area contributed by atoms with Crippen LogP contribution >= 0.6 is 0 Å². The zero-order chi connectivity index (χ0) is 18.6. The minimum Gasteiger partial charge on any atom is -0.379 e. The van der Waals surface area contributed by atoms with Crippen LogP contribution in [0.25, 0.3) is 10.9 Å². The fourth-order valence-electron chi connectivity index (χ4n) is 3.72. The molecule has 1 aromatic heterocycles. The van der Waals surface area contributed by atoms with Gasteiger partial charge in [0.1, 0.15) is 0 Å². The van der Waals surface area contributed by atoms with E-state index in [-0.39, 0.29) is 5.91 Å². The molecule has 0 bridgehead atoms. The summed E-state index contributed by atoms with van der Waals surface area (Å²) in [4.78, 5) is 18.5. The van der Waals surface area contributed by atoms with Crippen LogP contribution in [0.15, 0.2) is 48.5 Å². The second-order valence-corrected chi connectivity index (χ2v) is 7.01. The predicted octanol–water partition coefficient (Wildman–Crippen LogP) is 3.24. The van der Waals surface area contributed by atoms with Gasteiger partial charge in [-0.05, 0) is 24.1 Å². The van der Waals surface area contributed by atoms with Crippen LogP contribution in [0.5, 0.6) is 0 Å². The summed E-state index contributed by atoms with van der Waals surface area (Å²) in [6.45, 7) is 6.85. The van der Waals surface area contributed by atoms with Gasteiger partial charge in [-0.2, -0.15) is 0 Å². The zero-order valence-corrected chi connectivity index (χ0v) is 15.6. The maximum Gasteiger partial charge on any atom is 0.253 e. The van der Waals surface area contributed by atoms with Crippen LogP contribution in [0.3, 0.4) is 0 Å². The Balaban J connectivity index is 1.48. The molecule has 1 aliphatic rings. The summed E-state index contributed by atoms with van der Waals surface area (Å²) in [6.07, 6.45) is 0. The number of nitrogens with zero attached hydrogens (tertiary/aromatic N) is 1. The van der Waals surface area contributed by atoms with Crippen molar-refractivity contribution in [3.8, 4) is 0 Å². The van der Waals surface area contributed by atoms with E-state index in [0.29, 0.717) is 6.54 Å². The average molecular weight is 363 g/mol. The number of aryl methyl sites for hydroxylation is 1. The Morgan fingerprint density at radius 1 is 1.07 bits per heavy atom. The number of fused-ring (bicyclic) bond motifs is 1. The number of hydrogen-bond donors (Lipinski definition) is 2. The average Bonchev–Trinajstić information content (AvgIpc) is 3.03. The van der Waals surface area contributed by atoms with Gasteiger partial charge in [0.25, 0.3) is 5.91 Å². The molecule has 5 nitrogen and oxygen atoms in total. The monoisotopic (exact) mass is 363 g/mol. The smallest absolute Gasteiger partial charge is 0.253 e. The van der Waals surface area contributed by atoms with Gasteiger partial charge in [-0.15, -0.1) is 0 Å². The third kappa shape index (κ3) is 3.89. The maximum atomic E-state index is 12.9. The van der Waals surface area contributed by atoms with Crippen LogP contribution in [0, 0.1) is 6.92 Å². The molecule has 0 spiro atoms. The first-order valence-corrected chi connectivity index (χ1v) is 9.45. The van der Waals surface area contributed by atoms with Gasteiger partial charge in [-0.3, -0.25) is 9.69 Å². The molecular weight excluding hydrogens is 338 g/mol. The first-order chi connectivity index (χ1) is 13.2. The number of carbonyl (C=O) groups is 1. The van der Waals surface area contributed by atoms with E-state index in [0.717, 1.165) is 60.6 Å². The van der Waals surface area contributed by atoms with Crippen LogP contribution in [-0.4, -0.2) is 42.1 Å². The number of benzene rings is 2. The van der Waals surface area contributed by atoms with Crippen molar-refractivity contribution in [3.63, 3.8) is 0 Å². The molecule has 140 valence electrons. The van der Waals surface area contributed by atoms with Crippen molar-refractivity contribution in [2.24, 2.45) is 0 Å². The Labute approximate surface area is 159 Å². The Kier molecular flexibility index (Phi) is 5.23. The number of aromatic nitrogens is 1. The van der Waals surface area contributed by atoms with Gasteiger partial charge in [0.15, 0.2) is 0 Å². The predicted molar refractivity (Wildman–Crippen MR) is 107 cm³/mol. The molecule has 5 heteroatoms. The molecule has 0 atom stereocenters. The molecule has 2 heterocycles. The first kappa shape index (κ1) is 17.8. The van der Waals surface area contributed by atoms with E-state index in [2.05, 4.69) is 33.4 Å². The number of H-pyrrole nitrogens is 1. The summed E-state index contributed by atoms with van der Waals surface area (Å²) in [5.41, 5.74) is 5.05. The lowest BCUT2D eigenvalue weighted by atomic mass is 10.1. The van der Waals surface area contributed by atoms with E-state index in [4.69, 9.17) is 4.74 Å². The molecule has 4 rings (SSSR count). The van der Waals surface area contributed by atoms with Crippen molar-refractivity contribution < 1.29 is 9.53 Å². The van der Waals surface area contributed by atoms with Gasteiger partial charge in [-0.1, -0.05) is 42.5 Å². The summed E-state index contributed by atoms with van der Waals surface area (Å²) in [6, 6.07) is 16.3. The molecule has 0 radical (unpaired) electrons. The number of amides is 1. The Hall–Kier alpha value is -2.63. The minimum absolute atomic E-state index is 0.0360. The van der Waals surface area contributed by atoms with Gasteiger partial charge in [-0.25, -0.2) is 0 Å². The van der Waals surface area contributed by atoms with Gasteiger partial charge in [0.05, 0.1) is 18.8 Å². The van der Waals surface area contributed by atoms with Gasteiger partial charge in [0, 0.05) is 42.8 Å². The van der Waals surface area contributed by atoms with Crippen LogP contribution in [0.4, 0.5) is 0 Å². The number of hydrogen-bond acceptors (Lipinski definition) is 3. The standard InChI is InChI=1S/C22H25N3O2/c1-16-21(19-8-4-5-9-20(19)24-16)22(26)23-14-17-6-2-3-7-18(17)15-25-10-12-27-13-11-25/h2-9,24H,10-15H2,1H3,(H,23,26).